The van der Waals surface area contributed by atoms with Crippen LogP contribution in [0.25, 0.3) is 0 Å². The van der Waals surface area contributed by atoms with Crippen LogP contribution in [0.5, 0.6) is 0 Å². The summed E-state index contributed by atoms with van der Waals surface area (Å²) in [5, 5.41) is 16.9. The normalized spacial score (nSPS) is 19.6. The van der Waals surface area contributed by atoms with Gasteiger partial charge in [0.15, 0.2) is 5.82 Å². The molecule has 2 rings (SSSR count). The zero-order chi connectivity index (χ0) is 12.3. The molecule has 2 heterocycles. The first-order valence-electron chi connectivity index (χ1n) is 5.69. The molecule has 0 bridgehead atoms. The Morgan fingerprint density at radius 1 is 1.65 bits per heavy atom. The predicted octanol–water partition coefficient (Wildman–Crippen LogP) is 0.319. The van der Waals surface area contributed by atoms with Gasteiger partial charge in [0.05, 0.1) is 11.8 Å². The van der Waals surface area contributed by atoms with E-state index in [2.05, 4.69) is 15.1 Å². The van der Waals surface area contributed by atoms with Crippen molar-refractivity contribution in [2.45, 2.75) is 12.8 Å². The second kappa shape index (κ2) is 5.37. The number of aromatic nitrogens is 2. The Morgan fingerprint density at radius 2 is 2.47 bits per heavy atom. The van der Waals surface area contributed by atoms with Gasteiger partial charge in [0.2, 0.25) is 0 Å². The predicted molar refractivity (Wildman–Crippen MR) is 69.9 cm³/mol. The third-order valence-electron chi connectivity index (χ3n) is 3.09. The van der Waals surface area contributed by atoms with Crippen LogP contribution in [0.2, 0.25) is 0 Å². The number of nitrogens with zero attached hydrogens (tertiary/aromatic N) is 3. The van der Waals surface area contributed by atoms with Crippen molar-refractivity contribution >= 4 is 23.0 Å². The van der Waals surface area contributed by atoms with Gasteiger partial charge in [0.25, 0.3) is 0 Å². The largest absolute Gasteiger partial charge is 0.396 e. The molecule has 6 heteroatoms. The minimum Gasteiger partial charge on any atom is -0.396 e. The number of nitrogens with two attached hydrogens (primary N) is 1. The van der Waals surface area contributed by atoms with E-state index in [1.54, 1.807) is 12.3 Å². The minimum atomic E-state index is 0.237. The van der Waals surface area contributed by atoms with E-state index in [4.69, 9.17) is 23.1 Å². The molecule has 0 amide bonds. The molecule has 1 aliphatic rings. The highest BCUT2D eigenvalue weighted by atomic mass is 32.1. The number of hydrogen-bond acceptors (Lipinski definition) is 5. The molecule has 92 valence electrons. The van der Waals surface area contributed by atoms with E-state index in [0.717, 1.165) is 37.3 Å². The van der Waals surface area contributed by atoms with Crippen LogP contribution in [0.1, 0.15) is 18.4 Å². The maximum Gasteiger partial charge on any atom is 0.161 e. The van der Waals surface area contributed by atoms with Crippen molar-refractivity contribution in [1.29, 1.82) is 0 Å². The molecule has 1 aliphatic heterocycles. The highest BCUT2D eigenvalue weighted by Crippen LogP contribution is 2.26. The standard InChI is InChI=1S/C11H16N4OS/c12-10(17)9-1-4-13-14-11(9)15-5-2-8(7-15)3-6-16/h1,4,8,16H,2-3,5-7H2,(H2,12,17). The molecule has 17 heavy (non-hydrogen) atoms. The van der Waals surface area contributed by atoms with E-state index in [1.807, 2.05) is 0 Å². The quantitative estimate of drug-likeness (QED) is 0.752. The van der Waals surface area contributed by atoms with Crippen molar-refractivity contribution in [3.8, 4) is 0 Å². The molecular formula is C11H16N4OS. The van der Waals surface area contributed by atoms with Crippen molar-refractivity contribution in [2.24, 2.45) is 11.7 Å². The summed E-state index contributed by atoms with van der Waals surface area (Å²) in [7, 11) is 0. The lowest BCUT2D eigenvalue weighted by atomic mass is 10.1. The molecule has 1 unspecified atom stereocenters. The average molecular weight is 252 g/mol. The summed E-state index contributed by atoms with van der Waals surface area (Å²) in [6.45, 7) is 2.04. The highest BCUT2D eigenvalue weighted by Gasteiger charge is 2.25. The Morgan fingerprint density at radius 3 is 3.18 bits per heavy atom. The van der Waals surface area contributed by atoms with Gasteiger partial charge in [-0.1, -0.05) is 12.2 Å². The SMILES string of the molecule is NC(=S)c1ccnnc1N1CCC(CCO)C1. The molecule has 1 aromatic heterocycles. The summed E-state index contributed by atoms with van der Waals surface area (Å²) < 4.78 is 0. The summed E-state index contributed by atoms with van der Waals surface area (Å²) in [6.07, 6.45) is 3.49. The van der Waals surface area contributed by atoms with Crippen LogP contribution >= 0.6 is 12.2 Å². The van der Waals surface area contributed by atoms with Crippen molar-refractivity contribution in [1.82, 2.24) is 10.2 Å². The molecule has 0 aliphatic carbocycles. The van der Waals surface area contributed by atoms with E-state index in [0.29, 0.717) is 10.9 Å². The summed E-state index contributed by atoms with van der Waals surface area (Å²) >= 11 is 5.01. The van der Waals surface area contributed by atoms with E-state index in [9.17, 15) is 0 Å². The molecule has 1 atom stereocenters. The zero-order valence-corrected chi connectivity index (χ0v) is 10.4. The molecule has 0 aromatic carbocycles. The van der Waals surface area contributed by atoms with Crippen LogP contribution < -0.4 is 10.6 Å². The Hall–Kier alpha value is -1.27. The second-order valence-corrected chi connectivity index (χ2v) is 4.69. The lowest BCUT2D eigenvalue weighted by molar-refractivity contribution is 0.263. The molecule has 3 N–H and O–H groups in total. The fraction of sp³-hybridized carbons (Fsp3) is 0.545. The van der Waals surface area contributed by atoms with Crippen molar-refractivity contribution in [2.75, 3.05) is 24.6 Å². The number of aliphatic hydroxyl groups excluding tert-OH is 1. The van der Waals surface area contributed by atoms with Crippen LogP contribution in [0, 0.1) is 5.92 Å². The van der Waals surface area contributed by atoms with Crippen molar-refractivity contribution < 1.29 is 5.11 Å². The van der Waals surface area contributed by atoms with Gasteiger partial charge in [-0.25, -0.2) is 0 Å². The van der Waals surface area contributed by atoms with Gasteiger partial charge in [-0.05, 0) is 24.8 Å². The molecule has 0 radical (unpaired) electrons. The molecule has 0 spiro atoms. The Labute approximate surface area is 106 Å². The lowest BCUT2D eigenvalue weighted by Gasteiger charge is -2.19. The van der Waals surface area contributed by atoms with Crippen LogP contribution in [-0.4, -0.2) is 40.0 Å². The van der Waals surface area contributed by atoms with Gasteiger partial charge in [0, 0.05) is 19.7 Å². The van der Waals surface area contributed by atoms with Crippen LogP contribution in [0.4, 0.5) is 5.82 Å². The third kappa shape index (κ3) is 2.70. The van der Waals surface area contributed by atoms with Crippen molar-refractivity contribution in [3.63, 3.8) is 0 Å². The highest BCUT2D eigenvalue weighted by molar-refractivity contribution is 7.80. The Bertz CT molecular complexity index is 412. The number of aliphatic hydroxyl groups is 1. The van der Waals surface area contributed by atoms with Crippen LogP contribution in [-0.2, 0) is 0 Å². The first-order chi connectivity index (χ1) is 8.22. The van der Waals surface area contributed by atoms with Gasteiger partial charge in [0.1, 0.15) is 4.99 Å². The topological polar surface area (TPSA) is 75.3 Å². The molecular weight excluding hydrogens is 236 g/mol. The number of rotatable bonds is 4. The molecule has 1 saturated heterocycles. The zero-order valence-electron chi connectivity index (χ0n) is 9.54. The average Bonchev–Trinajstić information content (AvgIpc) is 2.78. The van der Waals surface area contributed by atoms with Crippen LogP contribution in [0.15, 0.2) is 12.3 Å². The second-order valence-electron chi connectivity index (χ2n) is 4.25. The monoisotopic (exact) mass is 252 g/mol. The molecule has 5 nitrogen and oxygen atoms in total. The van der Waals surface area contributed by atoms with Gasteiger partial charge >= 0.3 is 0 Å². The van der Waals surface area contributed by atoms with E-state index < -0.39 is 0 Å². The van der Waals surface area contributed by atoms with Gasteiger partial charge in [-0.3, -0.25) is 0 Å². The summed E-state index contributed by atoms with van der Waals surface area (Å²) in [5.41, 5.74) is 6.45. The molecule has 1 aromatic rings. The smallest absolute Gasteiger partial charge is 0.161 e. The van der Waals surface area contributed by atoms with Gasteiger partial charge < -0.3 is 15.7 Å². The van der Waals surface area contributed by atoms with Gasteiger partial charge in [-0.2, -0.15) is 5.10 Å². The fourth-order valence-electron chi connectivity index (χ4n) is 2.19. The first kappa shape index (κ1) is 12.2. The molecule has 1 fully saturated rings. The Balaban J connectivity index is 2.16. The molecule has 0 saturated carbocycles. The van der Waals surface area contributed by atoms with E-state index >= 15 is 0 Å². The maximum atomic E-state index is 8.94. The third-order valence-corrected chi connectivity index (χ3v) is 3.31. The number of hydrogen-bond donors (Lipinski definition) is 2. The summed E-state index contributed by atoms with van der Waals surface area (Å²) in [4.78, 5) is 2.49. The van der Waals surface area contributed by atoms with Gasteiger partial charge in [-0.15, -0.1) is 5.10 Å². The van der Waals surface area contributed by atoms with E-state index in [1.165, 1.54) is 0 Å². The van der Waals surface area contributed by atoms with E-state index in [-0.39, 0.29) is 6.61 Å². The minimum absolute atomic E-state index is 0.237. The fourth-order valence-corrected chi connectivity index (χ4v) is 2.35. The Kier molecular flexibility index (Phi) is 3.86. The lowest BCUT2D eigenvalue weighted by Crippen LogP contribution is -2.25. The number of thiocarbonyl (C=S) groups is 1. The summed E-state index contributed by atoms with van der Waals surface area (Å²) in [6, 6.07) is 1.80. The van der Waals surface area contributed by atoms with Crippen molar-refractivity contribution in [3.05, 3.63) is 17.8 Å². The first-order valence-corrected chi connectivity index (χ1v) is 6.10. The maximum absolute atomic E-state index is 8.94. The van der Waals surface area contributed by atoms with Crippen LogP contribution in [0.3, 0.4) is 0 Å². The summed E-state index contributed by atoms with van der Waals surface area (Å²) in [5.74, 6) is 1.28. The number of anilines is 1.